The second-order valence-corrected chi connectivity index (χ2v) is 6.60. The van der Waals surface area contributed by atoms with Crippen molar-refractivity contribution in [3.05, 3.63) is 35.9 Å². The van der Waals surface area contributed by atoms with Crippen LogP contribution < -0.4 is 0 Å². The highest BCUT2D eigenvalue weighted by atomic mass is 16.6. The first-order chi connectivity index (χ1) is 9.81. The molecule has 1 aromatic carbocycles. The number of carbonyl (C=O) groups excluding carboxylic acids is 1. The van der Waals surface area contributed by atoms with Gasteiger partial charge in [-0.25, -0.2) is 0 Å². The monoisotopic (exact) mass is 291 g/mol. The topological polar surface area (TPSA) is 29.5 Å². The standard InChI is InChI=1S/C18H29NO2/c1-6-12-19(14-16-10-8-7-9-11-16)15(2)13-17(20)21-18(3,4)5/h7-11,15H,6,12-14H2,1-5H3. The number of hydrogen-bond donors (Lipinski definition) is 0. The van der Waals surface area contributed by atoms with Crippen molar-refractivity contribution in [3.8, 4) is 0 Å². The van der Waals surface area contributed by atoms with E-state index in [2.05, 4.69) is 43.0 Å². The lowest BCUT2D eigenvalue weighted by Gasteiger charge is -2.29. The second kappa shape index (κ2) is 8.18. The fraction of sp³-hybridized carbons (Fsp3) is 0.611. The molecule has 0 aromatic heterocycles. The molecule has 0 aliphatic rings. The van der Waals surface area contributed by atoms with Crippen LogP contribution in [0.1, 0.15) is 53.0 Å². The number of ether oxygens (including phenoxy) is 1. The minimum atomic E-state index is -0.411. The average molecular weight is 291 g/mol. The lowest BCUT2D eigenvalue weighted by atomic mass is 10.1. The molecule has 3 heteroatoms. The smallest absolute Gasteiger partial charge is 0.307 e. The minimum Gasteiger partial charge on any atom is -0.460 e. The maximum Gasteiger partial charge on any atom is 0.307 e. The van der Waals surface area contributed by atoms with E-state index in [0.29, 0.717) is 6.42 Å². The predicted molar refractivity (Wildman–Crippen MR) is 87.1 cm³/mol. The Hall–Kier alpha value is -1.35. The van der Waals surface area contributed by atoms with Crippen LogP contribution in [0.3, 0.4) is 0 Å². The molecule has 1 rings (SSSR count). The Balaban J connectivity index is 2.61. The van der Waals surface area contributed by atoms with Gasteiger partial charge in [0.25, 0.3) is 0 Å². The predicted octanol–water partition coefficient (Wildman–Crippen LogP) is 4.02. The van der Waals surface area contributed by atoms with Crippen LogP contribution in [-0.4, -0.2) is 29.1 Å². The van der Waals surface area contributed by atoms with Gasteiger partial charge in [-0.2, -0.15) is 0 Å². The summed E-state index contributed by atoms with van der Waals surface area (Å²) in [5.41, 5.74) is 0.869. The van der Waals surface area contributed by atoms with Gasteiger partial charge in [0.05, 0.1) is 6.42 Å². The third kappa shape index (κ3) is 7.28. The summed E-state index contributed by atoms with van der Waals surface area (Å²) in [4.78, 5) is 14.3. The molecule has 0 saturated carbocycles. The van der Waals surface area contributed by atoms with Crippen LogP contribution in [0.4, 0.5) is 0 Å². The number of hydrogen-bond acceptors (Lipinski definition) is 3. The Bertz CT molecular complexity index is 423. The van der Waals surface area contributed by atoms with E-state index >= 15 is 0 Å². The lowest BCUT2D eigenvalue weighted by Crippen LogP contribution is -2.36. The van der Waals surface area contributed by atoms with E-state index in [4.69, 9.17) is 4.74 Å². The zero-order valence-corrected chi connectivity index (χ0v) is 14.1. The zero-order valence-electron chi connectivity index (χ0n) is 14.1. The Labute approximate surface area is 129 Å². The number of rotatable bonds is 7. The van der Waals surface area contributed by atoms with Crippen molar-refractivity contribution >= 4 is 5.97 Å². The summed E-state index contributed by atoms with van der Waals surface area (Å²) in [7, 11) is 0. The molecule has 0 bridgehead atoms. The van der Waals surface area contributed by atoms with Crippen LogP contribution in [0, 0.1) is 0 Å². The van der Waals surface area contributed by atoms with E-state index in [1.165, 1.54) is 5.56 Å². The summed E-state index contributed by atoms with van der Waals surface area (Å²) >= 11 is 0. The zero-order chi connectivity index (χ0) is 15.9. The van der Waals surface area contributed by atoms with Gasteiger partial charge < -0.3 is 4.74 Å². The summed E-state index contributed by atoms with van der Waals surface area (Å²) in [5, 5.41) is 0. The third-order valence-electron chi connectivity index (χ3n) is 3.24. The first kappa shape index (κ1) is 17.7. The molecular weight excluding hydrogens is 262 g/mol. The van der Waals surface area contributed by atoms with Gasteiger partial charge in [-0.1, -0.05) is 37.3 Å². The average Bonchev–Trinajstić information content (AvgIpc) is 2.37. The molecule has 0 fully saturated rings. The number of carbonyl (C=O) groups is 1. The van der Waals surface area contributed by atoms with E-state index in [9.17, 15) is 4.79 Å². The van der Waals surface area contributed by atoms with E-state index in [1.54, 1.807) is 0 Å². The summed E-state index contributed by atoms with van der Waals surface area (Å²) in [6, 6.07) is 10.6. The largest absolute Gasteiger partial charge is 0.460 e. The van der Waals surface area contributed by atoms with Crippen LogP contribution >= 0.6 is 0 Å². The molecule has 1 aromatic rings. The highest BCUT2D eigenvalue weighted by molar-refractivity contribution is 5.70. The Morgan fingerprint density at radius 3 is 2.38 bits per heavy atom. The van der Waals surface area contributed by atoms with Crippen LogP contribution in [0.5, 0.6) is 0 Å². The lowest BCUT2D eigenvalue weighted by molar-refractivity contribution is -0.156. The molecule has 1 unspecified atom stereocenters. The molecule has 118 valence electrons. The first-order valence-corrected chi connectivity index (χ1v) is 7.81. The SMILES string of the molecule is CCCN(Cc1ccccc1)C(C)CC(=O)OC(C)(C)C. The van der Waals surface area contributed by atoms with Crippen molar-refractivity contribution in [2.24, 2.45) is 0 Å². The molecule has 0 radical (unpaired) electrons. The van der Waals surface area contributed by atoms with Gasteiger partial charge in [0.2, 0.25) is 0 Å². The summed E-state index contributed by atoms with van der Waals surface area (Å²) in [5.74, 6) is -0.121. The fourth-order valence-corrected chi connectivity index (χ4v) is 2.31. The van der Waals surface area contributed by atoms with Gasteiger partial charge in [0.1, 0.15) is 5.60 Å². The normalized spacial score (nSPS) is 13.2. The van der Waals surface area contributed by atoms with E-state index in [1.807, 2.05) is 26.8 Å². The van der Waals surface area contributed by atoms with E-state index in [-0.39, 0.29) is 12.0 Å². The molecule has 21 heavy (non-hydrogen) atoms. The molecule has 0 aliphatic carbocycles. The van der Waals surface area contributed by atoms with Gasteiger partial charge in [-0.3, -0.25) is 9.69 Å². The van der Waals surface area contributed by atoms with Crippen molar-refractivity contribution in [2.45, 2.75) is 65.6 Å². The van der Waals surface area contributed by atoms with Gasteiger partial charge >= 0.3 is 5.97 Å². The fourth-order valence-electron chi connectivity index (χ4n) is 2.31. The van der Waals surface area contributed by atoms with E-state index in [0.717, 1.165) is 19.5 Å². The Morgan fingerprint density at radius 2 is 1.86 bits per heavy atom. The highest BCUT2D eigenvalue weighted by Gasteiger charge is 2.21. The van der Waals surface area contributed by atoms with Crippen molar-refractivity contribution in [2.75, 3.05) is 6.54 Å². The summed E-state index contributed by atoms with van der Waals surface area (Å²) in [6.45, 7) is 11.8. The number of esters is 1. The van der Waals surface area contributed by atoms with Crippen molar-refractivity contribution in [1.82, 2.24) is 4.90 Å². The van der Waals surface area contributed by atoms with Gasteiger partial charge in [-0.15, -0.1) is 0 Å². The molecule has 0 aliphatic heterocycles. The van der Waals surface area contributed by atoms with Crippen LogP contribution in [0.15, 0.2) is 30.3 Å². The van der Waals surface area contributed by atoms with Crippen molar-refractivity contribution < 1.29 is 9.53 Å². The molecule has 3 nitrogen and oxygen atoms in total. The molecule has 0 amide bonds. The van der Waals surface area contributed by atoms with Crippen molar-refractivity contribution in [3.63, 3.8) is 0 Å². The van der Waals surface area contributed by atoms with Crippen LogP contribution in [-0.2, 0) is 16.1 Å². The maximum absolute atomic E-state index is 12.0. The molecule has 0 N–H and O–H groups in total. The van der Waals surface area contributed by atoms with Gasteiger partial charge in [0, 0.05) is 12.6 Å². The number of benzene rings is 1. The summed E-state index contributed by atoms with van der Waals surface area (Å²) < 4.78 is 5.42. The third-order valence-corrected chi connectivity index (χ3v) is 3.24. The molecule has 0 heterocycles. The van der Waals surface area contributed by atoms with Crippen LogP contribution in [0.25, 0.3) is 0 Å². The molecule has 0 saturated heterocycles. The van der Waals surface area contributed by atoms with Crippen LogP contribution in [0.2, 0.25) is 0 Å². The highest BCUT2D eigenvalue weighted by Crippen LogP contribution is 2.14. The van der Waals surface area contributed by atoms with Crippen molar-refractivity contribution in [1.29, 1.82) is 0 Å². The van der Waals surface area contributed by atoms with Gasteiger partial charge in [0.15, 0.2) is 0 Å². The Morgan fingerprint density at radius 1 is 1.24 bits per heavy atom. The minimum absolute atomic E-state index is 0.121. The quantitative estimate of drug-likeness (QED) is 0.711. The van der Waals surface area contributed by atoms with Gasteiger partial charge in [-0.05, 0) is 46.2 Å². The summed E-state index contributed by atoms with van der Waals surface area (Å²) in [6.07, 6.45) is 1.51. The number of nitrogens with zero attached hydrogens (tertiary/aromatic N) is 1. The first-order valence-electron chi connectivity index (χ1n) is 7.81. The molecule has 1 atom stereocenters. The Kier molecular flexibility index (Phi) is 6.90. The molecule has 0 spiro atoms. The maximum atomic E-state index is 12.0. The second-order valence-electron chi connectivity index (χ2n) is 6.60. The molecular formula is C18H29NO2. The van der Waals surface area contributed by atoms with E-state index < -0.39 is 5.60 Å².